The Morgan fingerprint density at radius 2 is 1.79 bits per heavy atom. The number of para-hydroxylation sites is 1. The molecule has 0 saturated heterocycles. The van der Waals surface area contributed by atoms with Crippen molar-refractivity contribution in [1.29, 1.82) is 0 Å². The van der Waals surface area contributed by atoms with Gasteiger partial charge in [-0.2, -0.15) is 0 Å². The highest BCUT2D eigenvalue weighted by molar-refractivity contribution is 7.99. The normalized spacial score (nSPS) is 16.0. The van der Waals surface area contributed by atoms with Crippen LogP contribution < -0.4 is 10.9 Å². The van der Waals surface area contributed by atoms with Crippen LogP contribution in [0.15, 0.2) is 64.5 Å². The van der Waals surface area contributed by atoms with Gasteiger partial charge in [0.25, 0.3) is 5.56 Å². The fourth-order valence-corrected chi connectivity index (χ4v) is 6.42. The molecule has 0 atom stereocenters. The van der Waals surface area contributed by atoms with E-state index in [0.29, 0.717) is 11.7 Å². The van der Waals surface area contributed by atoms with Crippen LogP contribution in [-0.2, 0) is 23.2 Å². The maximum Gasteiger partial charge on any atom is 0.258 e. The lowest BCUT2D eigenvalue weighted by molar-refractivity contribution is -0.113. The second-order valence-electron chi connectivity index (χ2n) is 9.45. The van der Waals surface area contributed by atoms with Crippen LogP contribution in [0.1, 0.15) is 56.6 Å². The van der Waals surface area contributed by atoms with Crippen molar-refractivity contribution in [3.05, 3.63) is 76.1 Å². The molecule has 1 aromatic heterocycles. The van der Waals surface area contributed by atoms with E-state index >= 15 is 0 Å². The largest absolute Gasteiger partial charge is 0.325 e. The third kappa shape index (κ3) is 4.31. The maximum atomic E-state index is 14.1. The topological polar surface area (TPSA) is 64.0 Å². The van der Waals surface area contributed by atoms with Crippen molar-refractivity contribution in [3.8, 4) is 11.3 Å². The molecule has 176 valence electrons. The third-order valence-electron chi connectivity index (χ3n) is 7.11. The molecule has 5 rings (SSSR count). The Labute approximate surface area is 205 Å². The van der Waals surface area contributed by atoms with Crippen LogP contribution in [0.2, 0.25) is 0 Å². The Kier molecular flexibility index (Phi) is 6.59. The fraction of sp³-hybridized carbons (Fsp3) is 0.393. The van der Waals surface area contributed by atoms with E-state index in [1.165, 1.54) is 23.7 Å². The predicted octanol–water partition coefficient (Wildman–Crippen LogP) is 5.81. The Hall–Kier alpha value is -2.86. The van der Waals surface area contributed by atoms with E-state index in [2.05, 4.69) is 30.4 Å². The summed E-state index contributed by atoms with van der Waals surface area (Å²) in [5.74, 6) is 0.103. The van der Waals surface area contributed by atoms with E-state index in [1.54, 1.807) is 0 Å². The minimum absolute atomic E-state index is 0.0919. The molecule has 0 radical (unpaired) electrons. The highest BCUT2D eigenvalue weighted by Crippen LogP contribution is 2.48. The SMILES string of the molecule is CCCn1c(SCC(=O)Nc2ccccc2)nc2c(c1=O)C1(CCCCC1)Cc1ccccc1-2. The number of benzene rings is 2. The molecule has 1 heterocycles. The molecule has 3 aromatic rings. The minimum Gasteiger partial charge on any atom is -0.325 e. The number of fused-ring (bicyclic) bond motifs is 4. The van der Waals surface area contributed by atoms with Crippen molar-refractivity contribution in [2.45, 2.75) is 69.0 Å². The molecule has 6 heteroatoms. The number of rotatable bonds is 6. The lowest BCUT2D eigenvalue weighted by atomic mass is 9.62. The zero-order valence-corrected chi connectivity index (χ0v) is 20.5. The summed E-state index contributed by atoms with van der Waals surface area (Å²) in [7, 11) is 0. The first-order valence-electron chi connectivity index (χ1n) is 12.3. The second kappa shape index (κ2) is 9.79. The van der Waals surface area contributed by atoms with E-state index in [-0.39, 0.29) is 22.6 Å². The summed E-state index contributed by atoms with van der Waals surface area (Å²) >= 11 is 1.35. The molecule has 1 N–H and O–H groups in total. The van der Waals surface area contributed by atoms with Crippen molar-refractivity contribution in [2.75, 3.05) is 11.1 Å². The van der Waals surface area contributed by atoms with Crippen molar-refractivity contribution >= 4 is 23.4 Å². The molecule has 2 aliphatic carbocycles. The molecule has 0 unspecified atom stereocenters. The van der Waals surface area contributed by atoms with Gasteiger partial charge in [0.15, 0.2) is 5.16 Å². The summed E-state index contributed by atoms with van der Waals surface area (Å²) in [4.78, 5) is 31.8. The lowest BCUT2D eigenvalue weighted by Gasteiger charge is -2.42. The van der Waals surface area contributed by atoms with Crippen LogP contribution in [0.4, 0.5) is 5.69 Å². The first kappa shape index (κ1) is 22.9. The minimum atomic E-state index is -0.116. The Bertz CT molecular complexity index is 1250. The molecule has 1 fully saturated rings. The molecule has 2 aromatic carbocycles. The molecule has 0 bridgehead atoms. The van der Waals surface area contributed by atoms with Gasteiger partial charge in [-0.05, 0) is 43.4 Å². The average Bonchev–Trinajstić information content (AvgIpc) is 2.85. The maximum absolute atomic E-state index is 14.1. The van der Waals surface area contributed by atoms with Gasteiger partial charge in [0.1, 0.15) is 0 Å². The van der Waals surface area contributed by atoms with Gasteiger partial charge in [-0.15, -0.1) is 0 Å². The van der Waals surface area contributed by atoms with Gasteiger partial charge in [-0.25, -0.2) is 4.98 Å². The number of carbonyl (C=O) groups excluding carboxylic acids is 1. The van der Waals surface area contributed by atoms with Gasteiger partial charge in [-0.1, -0.05) is 80.4 Å². The Morgan fingerprint density at radius 1 is 1.06 bits per heavy atom. The highest BCUT2D eigenvalue weighted by atomic mass is 32.2. The van der Waals surface area contributed by atoms with E-state index < -0.39 is 0 Å². The number of hydrogen-bond donors (Lipinski definition) is 1. The summed E-state index contributed by atoms with van der Waals surface area (Å²) in [6, 6.07) is 17.8. The summed E-state index contributed by atoms with van der Waals surface area (Å²) < 4.78 is 1.82. The molecule has 2 aliphatic rings. The number of thioether (sulfide) groups is 1. The second-order valence-corrected chi connectivity index (χ2v) is 10.4. The molecular formula is C28H31N3O2S. The van der Waals surface area contributed by atoms with Gasteiger partial charge in [0.05, 0.1) is 17.0 Å². The van der Waals surface area contributed by atoms with Crippen molar-refractivity contribution < 1.29 is 4.79 Å². The predicted molar refractivity (Wildman–Crippen MR) is 138 cm³/mol. The summed E-state index contributed by atoms with van der Waals surface area (Å²) in [5, 5.41) is 3.56. The number of amides is 1. The zero-order chi connectivity index (χ0) is 23.5. The third-order valence-corrected chi connectivity index (χ3v) is 8.09. The molecule has 1 spiro atoms. The fourth-order valence-electron chi connectivity index (χ4n) is 5.60. The van der Waals surface area contributed by atoms with E-state index in [4.69, 9.17) is 4.98 Å². The average molecular weight is 474 g/mol. The van der Waals surface area contributed by atoms with Crippen LogP contribution in [0.5, 0.6) is 0 Å². The monoisotopic (exact) mass is 473 g/mol. The lowest BCUT2D eigenvalue weighted by Crippen LogP contribution is -2.43. The highest BCUT2D eigenvalue weighted by Gasteiger charge is 2.43. The van der Waals surface area contributed by atoms with Gasteiger partial charge in [-0.3, -0.25) is 14.2 Å². The van der Waals surface area contributed by atoms with Crippen molar-refractivity contribution in [3.63, 3.8) is 0 Å². The molecule has 0 aliphatic heterocycles. The van der Waals surface area contributed by atoms with Crippen LogP contribution >= 0.6 is 11.8 Å². The molecule has 1 amide bonds. The quantitative estimate of drug-likeness (QED) is 0.362. The standard InChI is InChI=1S/C28H31N3O2S/c1-2-17-31-26(33)24-25(30-27(31)34-19-23(32)29-21-12-5-3-6-13-21)22-14-8-7-11-20(22)18-28(24)15-9-4-10-16-28/h3,5-8,11-14H,2,4,9-10,15-19H2,1H3,(H,29,32). The first-order chi connectivity index (χ1) is 16.6. The van der Waals surface area contributed by atoms with Gasteiger partial charge < -0.3 is 5.32 Å². The molecule has 5 nitrogen and oxygen atoms in total. The van der Waals surface area contributed by atoms with Crippen LogP contribution in [0.25, 0.3) is 11.3 Å². The summed E-state index contributed by atoms with van der Waals surface area (Å²) in [6.07, 6.45) is 7.40. The van der Waals surface area contributed by atoms with Crippen LogP contribution in [-0.4, -0.2) is 21.2 Å². The number of nitrogens with one attached hydrogen (secondary N) is 1. The molecule has 1 saturated carbocycles. The van der Waals surface area contributed by atoms with Gasteiger partial charge >= 0.3 is 0 Å². The van der Waals surface area contributed by atoms with E-state index in [1.807, 2.05) is 41.0 Å². The van der Waals surface area contributed by atoms with Crippen LogP contribution in [0, 0.1) is 0 Å². The summed E-state index contributed by atoms with van der Waals surface area (Å²) in [5.41, 5.74) is 4.86. The van der Waals surface area contributed by atoms with Crippen molar-refractivity contribution in [1.82, 2.24) is 9.55 Å². The van der Waals surface area contributed by atoms with Gasteiger partial charge in [0.2, 0.25) is 5.91 Å². The number of nitrogens with zero attached hydrogens (tertiary/aromatic N) is 2. The molecule has 34 heavy (non-hydrogen) atoms. The number of hydrogen-bond acceptors (Lipinski definition) is 4. The smallest absolute Gasteiger partial charge is 0.258 e. The Balaban J connectivity index is 1.54. The Morgan fingerprint density at radius 3 is 2.56 bits per heavy atom. The number of carbonyl (C=O) groups is 1. The number of anilines is 1. The molecular weight excluding hydrogens is 442 g/mol. The first-order valence-corrected chi connectivity index (χ1v) is 13.3. The zero-order valence-electron chi connectivity index (χ0n) is 19.7. The van der Waals surface area contributed by atoms with E-state index in [0.717, 1.165) is 61.0 Å². The van der Waals surface area contributed by atoms with Gasteiger partial charge in [0, 0.05) is 23.2 Å². The number of aromatic nitrogens is 2. The van der Waals surface area contributed by atoms with Crippen molar-refractivity contribution in [2.24, 2.45) is 0 Å². The van der Waals surface area contributed by atoms with Crippen LogP contribution in [0.3, 0.4) is 0 Å². The van der Waals surface area contributed by atoms with E-state index in [9.17, 15) is 9.59 Å². The summed E-state index contributed by atoms with van der Waals surface area (Å²) in [6.45, 7) is 2.69.